The number of nitrogens with zero attached hydrogens (tertiary/aromatic N) is 4. The third-order valence-electron chi connectivity index (χ3n) is 6.71. The molecule has 6 rings (SSSR count). The van der Waals surface area contributed by atoms with Crippen molar-refractivity contribution >= 4 is 27.6 Å². The molecule has 178 valence electrons. The number of fused-ring (bicyclic) bond motifs is 2. The highest BCUT2D eigenvalue weighted by atomic mass is 16.5. The van der Waals surface area contributed by atoms with Crippen LogP contribution >= 0.6 is 0 Å². The van der Waals surface area contributed by atoms with Crippen molar-refractivity contribution in [3.05, 3.63) is 60.7 Å². The van der Waals surface area contributed by atoms with Gasteiger partial charge in [-0.2, -0.15) is 5.10 Å². The van der Waals surface area contributed by atoms with E-state index in [0.29, 0.717) is 17.2 Å². The number of para-hydroxylation sites is 2. The summed E-state index contributed by atoms with van der Waals surface area (Å²) in [7, 11) is 1.64. The van der Waals surface area contributed by atoms with Crippen LogP contribution in [0.15, 0.2) is 60.7 Å². The lowest BCUT2D eigenvalue weighted by molar-refractivity contribution is 0.271. The summed E-state index contributed by atoms with van der Waals surface area (Å²) in [5.74, 6) is 2.78. The molecule has 35 heavy (non-hydrogen) atoms. The van der Waals surface area contributed by atoms with Crippen LogP contribution in [0.5, 0.6) is 17.2 Å². The zero-order chi connectivity index (χ0) is 23.8. The highest BCUT2D eigenvalue weighted by Gasteiger charge is 2.18. The van der Waals surface area contributed by atoms with Crippen LogP contribution in [0.1, 0.15) is 6.92 Å². The van der Waals surface area contributed by atoms with Gasteiger partial charge in [0.25, 0.3) is 0 Å². The van der Waals surface area contributed by atoms with Crippen molar-refractivity contribution in [1.29, 1.82) is 0 Å². The molecule has 0 spiro atoms. The van der Waals surface area contributed by atoms with Crippen LogP contribution in [0, 0.1) is 0 Å². The van der Waals surface area contributed by atoms with Gasteiger partial charge >= 0.3 is 0 Å². The monoisotopic (exact) mass is 468 g/mol. The summed E-state index contributed by atoms with van der Waals surface area (Å²) in [5, 5.41) is 8.61. The van der Waals surface area contributed by atoms with E-state index < -0.39 is 0 Å². The lowest BCUT2D eigenvalue weighted by Gasteiger charge is -2.35. The van der Waals surface area contributed by atoms with Crippen molar-refractivity contribution < 1.29 is 9.47 Å². The molecule has 0 atom stereocenters. The predicted octanol–water partition coefficient (Wildman–Crippen LogP) is 5.05. The summed E-state index contributed by atoms with van der Waals surface area (Å²) in [5.41, 5.74) is 4.84. The molecule has 3 heterocycles. The number of methoxy groups -OCH3 is 1. The maximum Gasteiger partial charge on any atom is 0.169 e. The third kappa shape index (κ3) is 4.06. The Bertz CT molecular complexity index is 1480. The fourth-order valence-electron chi connectivity index (χ4n) is 4.70. The number of H-pyrrole nitrogens is 2. The van der Waals surface area contributed by atoms with Crippen molar-refractivity contribution in [3.63, 3.8) is 0 Å². The van der Waals surface area contributed by atoms with Gasteiger partial charge in [0, 0.05) is 37.3 Å². The number of piperazine rings is 1. The number of anilines is 1. The minimum absolute atomic E-state index is 0.662. The second kappa shape index (κ2) is 8.96. The minimum atomic E-state index is 0.662. The van der Waals surface area contributed by atoms with Gasteiger partial charge < -0.3 is 24.3 Å². The van der Waals surface area contributed by atoms with E-state index in [1.165, 1.54) is 5.69 Å². The second-order valence-electron chi connectivity index (χ2n) is 8.74. The van der Waals surface area contributed by atoms with Crippen LogP contribution in [0.4, 0.5) is 5.69 Å². The highest BCUT2D eigenvalue weighted by Crippen LogP contribution is 2.34. The summed E-state index contributed by atoms with van der Waals surface area (Å²) in [6.45, 7) is 7.61. The number of rotatable bonds is 6. The largest absolute Gasteiger partial charge is 0.493 e. The molecule has 1 aliphatic heterocycles. The number of likely N-dealkylation sites (N-methyl/N-ethyl adjacent to an activating group) is 1. The molecule has 1 saturated heterocycles. The zero-order valence-electron chi connectivity index (χ0n) is 19.9. The van der Waals surface area contributed by atoms with Gasteiger partial charge in [-0.25, -0.2) is 4.98 Å². The van der Waals surface area contributed by atoms with Gasteiger partial charge in [-0.15, -0.1) is 0 Å². The Balaban J connectivity index is 1.31. The lowest BCUT2D eigenvalue weighted by atomic mass is 10.2. The Kier molecular flexibility index (Phi) is 5.50. The van der Waals surface area contributed by atoms with Crippen molar-refractivity contribution in [2.75, 3.05) is 44.7 Å². The van der Waals surface area contributed by atoms with Crippen LogP contribution in [-0.4, -0.2) is 64.9 Å². The Morgan fingerprint density at radius 1 is 0.914 bits per heavy atom. The Morgan fingerprint density at radius 3 is 2.54 bits per heavy atom. The van der Waals surface area contributed by atoms with Gasteiger partial charge in [-0.3, -0.25) is 5.10 Å². The van der Waals surface area contributed by atoms with E-state index in [1.807, 2.05) is 42.5 Å². The molecule has 0 radical (unpaired) electrons. The van der Waals surface area contributed by atoms with Crippen LogP contribution in [-0.2, 0) is 0 Å². The molecule has 0 bridgehead atoms. The van der Waals surface area contributed by atoms with E-state index in [0.717, 1.165) is 66.2 Å². The average Bonchev–Trinajstić information content (AvgIpc) is 3.52. The Morgan fingerprint density at radius 2 is 1.74 bits per heavy atom. The van der Waals surface area contributed by atoms with Crippen LogP contribution in [0.2, 0.25) is 0 Å². The van der Waals surface area contributed by atoms with Gasteiger partial charge in [0.05, 0.1) is 23.7 Å². The fourth-order valence-corrected chi connectivity index (χ4v) is 4.70. The first kappa shape index (κ1) is 21.5. The normalized spacial score (nSPS) is 14.6. The van der Waals surface area contributed by atoms with Gasteiger partial charge in [0.1, 0.15) is 11.4 Å². The summed E-state index contributed by atoms with van der Waals surface area (Å²) >= 11 is 0. The topological polar surface area (TPSA) is 82.3 Å². The molecule has 0 unspecified atom stereocenters. The van der Waals surface area contributed by atoms with Crippen molar-refractivity contribution in [1.82, 2.24) is 25.1 Å². The van der Waals surface area contributed by atoms with Gasteiger partial charge in [0.2, 0.25) is 0 Å². The molecule has 2 N–H and O–H groups in total. The van der Waals surface area contributed by atoms with Crippen molar-refractivity contribution in [2.24, 2.45) is 0 Å². The third-order valence-corrected chi connectivity index (χ3v) is 6.71. The predicted molar refractivity (Wildman–Crippen MR) is 139 cm³/mol. The first-order chi connectivity index (χ1) is 17.2. The summed E-state index contributed by atoms with van der Waals surface area (Å²) in [6, 6.07) is 19.9. The Labute approximate surface area is 203 Å². The smallest absolute Gasteiger partial charge is 0.169 e. The fraction of sp³-hybridized carbons (Fsp3) is 0.259. The van der Waals surface area contributed by atoms with Gasteiger partial charge in [-0.05, 0) is 55.1 Å². The molecular formula is C27H28N6O2. The SMILES string of the molecule is CCN1CCN(c2ccc3nc(-c4n[nH]c5ccc(Oc6ccccc6OC)cc45)[nH]c3c2)CC1. The molecule has 1 fully saturated rings. The number of imidazole rings is 1. The summed E-state index contributed by atoms with van der Waals surface area (Å²) in [6.07, 6.45) is 0. The summed E-state index contributed by atoms with van der Waals surface area (Å²) in [4.78, 5) is 13.2. The van der Waals surface area contributed by atoms with Crippen molar-refractivity contribution in [3.8, 4) is 28.8 Å². The molecule has 2 aromatic heterocycles. The lowest BCUT2D eigenvalue weighted by Crippen LogP contribution is -2.46. The quantitative estimate of drug-likeness (QED) is 0.363. The number of hydrogen-bond donors (Lipinski definition) is 2. The van der Waals surface area contributed by atoms with Gasteiger partial charge in [-0.1, -0.05) is 19.1 Å². The zero-order valence-corrected chi connectivity index (χ0v) is 19.9. The molecule has 0 aliphatic carbocycles. The number of benzene rings is 3. The van der Waals surface area contributed by atoms with E-state index >= 15 is 0 Å². The molecule has 8 nitrogen and oxygen atoms in total. The molecule has 5 aromatic rings. The number of hydrogen-bond acceptors (Lipinski definition) is 6. The van der Waals surface area contributed by atoms with Crippen molar-refractivity contribution in [2.45, 2.75) is 6.92 Å². The standard InChI is InChI=1S/C27H28N6O2/c1-3-32-12-14-33(15-13-32)18-8-10-22-23(16-18)29-27(28-22)26-20-17-19(9-11-21(20)30-31-26)35-25-7-5-4-6-24(25)34-2/h4-11,16-17H,3,12-15H2,1-2H3,(H,28,29)(H,30,31). The highest BCUT2D eigenvalue weighted by molar-refractivity contribution is 5.94. The molecule has 0 amide bonds. The molecule has 8 heteroatoms. The Hall–Kier alpha value is -4.04. The van der Waals surface area contributed by atoms with Crippen LogP contribution < -0.4 is 14.4 Å². The van der Waals surface area contributed by atoms with Crippen LogP contribution in [0.25, 0.3) is 33.5 Å². The van der Waals surface area contributed by atoms with E-state index in [2.05, 4.69) is 50.1 Å². The molecule has 3 aromatic carbocycles. The first-order valence-corrected chi connectivity index (χ1v) is 12.0. The number of aromatic nitrogens is 4. The molecular weight excluding hydrogens is 440 g/mol. The minimum Gasteiger partial charge on any atom is -0.493 e. The van der Waals surface area contributed by atoms with E-state index in [4.69, 9.17) is 14.5 Å². The van der Waals surface area contributed by atoms with E-state index in [-0.39, 0.29) is 0 Å². The number of nitrogens with one attached hydrogen (secondary N) is 2. The molecule has 1 aliphatic rings. The average molecular weight is 469 g/mol. The second-order valence-corrected chi connectivity index (χ2v) is 8.74. The van der Waals surface area contributed by atoms with Gasteiger partial charge in [0.15, 0.2) is 17.3 Å². The molecule has 0 saturated carbocycles. The van der Waals surface area contributed by atoms with Crippen LogP contribution in [0.3, 0.4) is 0 Å². The number of ether oxygens (including phenoxy) is 2. The van der Waals surface area contributed by atoms with E-state index in [9.17, 15) is 0 Å². The van der Waals surface area contributed by atoms with E-state index in [1.54, 1.807) is 7.11 Å². The maximum absolute atomic E-state index is 6.12. The first-order valence-electron chi connectivity index (χ1n) is 12.0. The summed E-state index contributed by atoms with van der Waals surface area (Å²) < 4.78 is 11.5. The maximum atomic E-state index is 6.12. The number of aromatic amines is 2.